The first-order valence-corrected chi connectivity index (χ1v) is 11.4. The number of ether oxygens (including phenoxy) is 3. The highest BCUT2D eigenvalue weighted by Crippen LogP contribution is 2.20. The van der Waals surface area contributed by atoms with Crippen molar-refractivity contribution < 1.29 is 14.2 Å². The van der Waals surface area contributed by atoms with Gasteiger partial charge in [0.25, 0.3) is 5.56 Å². The predicted octanol–water partition coefficient (Wildman–Crippen LogP) is 3.60. The standard InChI is InChI=1S/C25H29N3O4S/c1-30-20-8-5-17(6-9-20)15-28(25(33)26-14-22-4-3-11-32-22)16-19-12-18-7-10-21(31-2)13-23(18)27-24(19)29/h5-10,12-13,22H,3-4,11,14-16H2,1-2H3,(H,26,33)(H,27,29). The lowest BCUT2D eigenvalue weighted by Gasteiger charge is -2.27. The monoisotopic (exact) mass is 467 g/mol. The minimum absolute atomic E-state index is 0.141. The number of methoxy groups -OCH3 is 2. The van der Waals surface area contributed by atoms with Gasteiger partial charge in [-0.3, -0.25) is 4.79 Å². The molecule has 0 spiro atoms. The maximum Gasteiger partial charge on any atom is 0.253 e. The normalized spacial score (nSPS) is 15.4. The molecule has 1 saturated heterocycles. The molecule has 1 unspecified atom stereocenters. The summed E-state index contributed by atoms with van der Waals surface area (Å²) in [5.74, 6) is 1.50. The number of fused-ring (bicyclic) bond motifs is 1. The van der Waals surface area contributed by atoms with Gasteiger partial charge in [-0.05, 0) is 66.3 Å². The first-order chi connectivity index (χ1) is 16.1. The van der Waals surface area contributed by atoms with Crippen LogP contribution in [0.25, 0.3) is 10.9 Å². The molecule has 0 aliphatic carbocycles. The highest BCUT2D eigenvalue weighted by atomic mass is 32.1. The van der Waals surface area contributed by atoms with Crippen molar-refractivity contribution in [2.24, 2.45) is 0 Å². The van der Waals surface area contributed by atoms with Crippen molar-refractivity contribution in [3.8, 4) is 11.5 Å². The van der Waals surface area contributed by atoms with Crippen molar-refractivity contribution >= 4 is 28.2 Å². The average molecular weight is 468 g/mol. The summed E-state index contributed by atoms with van der Waals surface area (Å²) in [5.41, 5.74) is 2.31. The van der Waals surface area contributed by atoms with Gasteiger partial charge in [-0.15, -0.1) is 0 Å². The number of hydrogen-bond donors (Lipinski definition) is 2. The molecule has 0 saturated carbocycles. The third kappa shape index (κ3) is 5.83. The molecular formula is C25H29N3O4S. The zero-order valence-electron chi connectivity index (χ0n) is 18.9. The van der Waals surface area contributed by atoms with Gasteiger partial charge in [-0.2, -0.15) is 0 Å². The Morgan fingerprint density at radius 1 is 1.12 bits per heavy atom. The SMILES string of the molecule is COc1ccc(CN(Cc2cc3ccc(OC)cc3[nH]c2=O)C(=S)NCC2CCCO2)cc1. The topological polar surface area (TPSA) is 75.8 Å². The van der Waals surface area contributed by atoms with E-state index < -0.39 is 0 Å². The van der Waals surface area contributed by atoms with E-state index in [1.807, 2.05) is 53.4 Å². The largest absolute Gasteiger partial charge is 0.497 e. The number of pyridine rings is 1. The number of benzene rings is 2. The van der Waals surface area contributed by atoms with Crippen LogP contribution in [0.1, 0.15) is 24.0 Å². The molecule has 2 N–H and O–H groups in total. The Hall–Kier alpha value is -3.10. The molecule has 33 heavy (non-hydrogen) atoms. The van der Waals surface area contributed by atoms with Gasteiger partial charge in [0.15, 0.2) is 5.11 Å². The lowest BCUT2D eigenvalue weighted by atomic mass is 10.1. The van der Waals surface area contributed by atoms with E-state index in [2.05, 4.69) is 10.3 Å². The number of H-pyrrole nitrogens is 1. The minimum Gasteiger partial charge on any atom is -0.497 e. The molecule has 0 bridgehead atoms. The summed E-state index contributed by atoms with van der Waals surface area (Å²) in [6.07, 6.45) is 2.28. The zero-order valence-corrected chi connectivity index (χ0v) is 19.7. The van der Waals surface area contributed by atoms with Crippen LogP contribution >= 0.6 is 12.2 Å². The third-order valence-electron chi connectivity index (χ3n) is 5.82. The Balaban J connectivity index is 1.56. The number of nitrogens with zero attached hydrogens (tertiary/aromatic N) is 1. The molecule has 0 radical (unpaired) electrons. The quantitative estimate of drug-likeness (QED) is 0.490. The highest BCUT2D eigenvalue weighted by Gasteiger charge is 2.18. The summed E-state index contributed by atoms with van der Waals surface area (Å²) < 4.78 is 16.2. The van der Waals surface area contributed by atoms with Crippen molar-refractivity contribution in [1.82, 2.24) is 15.2 Å². The number of rotatable bonds is 8. The molecule has 1 fully saturated rings. The van der Waals surface area contributed by atoms with Crippen LogP contribution in [0.4, 0.5) is 0 Å². The van der Waals surface area contributed by atoms with Gasteiger partial charge >= 0.3 is 0 Å². The van der Waals surface area contributed by atoms with E-state index in [0.717, 1.165) is 41.7 Å². The van der Waals surface area contributed by atoms with Gasteiger partial charge in [0, 0.05) is 31.3 Å². The van der Waals surface area contributed by atoms with Gasteiger partial charge in [0.1, 0.15) is 11.5 Å². The van der Waals surface area contributed by atoms with Crippen molar-refractivity contribution in [1.29, 1.82) is 0 Å². The van der Waals surface area contributed by atoms with Gasteiger partial charge in [0.2, 0.25) is 0 Å². The Morgan fingerprint density at radius 2 is 1.88 bits per heavy atom. The third-order valence-corrected chi connectivity index (χ3v) is 6.22. The van der Waals surface area contributed by atoms with E-state index >= 15 is 0 Å². The fourth-order valence-corrected chi connectivity index (χ4v) is 4.16. The van der Waals surface area contributed by atoms with Crippen LogP contribution < -0.4 is 20.3 Å². The van der Waals surface area contributed by atoms with Crippen molar-refractivity contribution in [3.05, 3.63) is 70.0 Å². The molecule has 1 aliphatic heterocycles. The first kappa shape index (κ1) is 23.1. The van der Waals surface area contributed by atoms with Crippen LogP contribution in [0, 0.1) is 0 Å². The van der Waals surface area contributed by atoms with Gasteiger partial charge in [0.05, 0.1) is 32.4 Å². The molecule has 0 amide bonds. The van der Waals surface area contributed by atoms with Crippen LogP contribution in [-0.2, 0) is 17.8 Å². The second-order valence-corrected chi connectivity index (χ2v) is 8.49. The summed E-state index contributed by atoms with van der Waals surface area (Å²) in [6, 6.07) is 15.4. The Morgan fingerprint density at radius 3 is 2.58 bits per heavy atom. The summed E-state index contributed by atoms with van der Waals surface area (Å²) in [4.78, 5) is 17.8. The molecule has 7 nitrogen and oxygen atoms in total. The second-order valence-electron chi connectivity index (χ2n) is 8.10. The fraction of sp³-hybridized carbons (Fsp3) is 0.360. The van der Waals surface area contributed by atoms with Crippen LogP contribution in [0.5, 0.6) is 11.5 Å². The lowest BCUT2D eigenvalue weighted by Crippen LogP contribution is -2.42. The molecule has 2 heterocycles. The fourth-order valence-electron chi connectivity index (χ4n) is 3.94. The Bertz CT molecular complexity index is 1160. The van der Waals surface area contributed by atoms with Gasteiger partial charge in [-0.1, -0.05) is 12.1 Å². The van der Waals surface area contributed by atoms with Crippen LogP contribution in [0.15, 0.2) is 53.3 Å². The molecule has 3 aromatic rings. The van der Waals surface area contributed by atoms with Gasteiger partial charge in [-0.25, -0.2) is 0 Å². The molecule has 1 aliphatic rings. The molecule has 174 valence electrons. The summed E-state index contributed by atoms with van der Waals surface area (Å²) in [7, 11) is 3.25. The van der Waals surface area contributed by atoms with Crippen molar-refractivity contribution in [2.45, 2.75) is 32.0 Å². The van der Waals surface area contributed by atoms with E-state index in [1.54, 1.807) is 14.2 Å². The Labute approximate surface area is 198 Å². The maximum atomic E-state index is 12.9. The smallest absolute Gasteiger partial charge is 0.253 e. The number of aromatic amines is 1. The highest BCUT2D eigenvalue weighted by molar-refractivity contribution is 7.80. The van der Waals surface area contributed by atoms with Crippen LogP contribution in [-0.4, -0.2) is 48.5 Å². The Kier molecular flexibility index (Phi) is 7.47. The molecule has 8 heteroatoms. The van der Waals surface area contributed by atoms with Gasteiger partial charge < -0.3 is 29.4 Å². The van der Waals surface area contributed by atoms with E-state index in [0.29, 0.717) is 36.1 Å². The summed E-state index contributed by atoms with van der Waals surface area (Å²) in [6.45, 7) is 2.39. The molecule has 1 aromatic heterocycles. The van der Waals surface area contributed by atoms with E-state index in [1.165, 1.54) is 0 Å². The number of hydrogen-bond acceptors (Lipinski definition) is 5. The number of nitrogens with one attached hydrogen (secondary N) is 2. The lowest BCUT2D eigenvalue weighted by molar-refractivity contribution is 0.113. The maximum absolute atomic E-state index is 12.9. The average Bonchev–Trinajstić information content (AvgIpc) is 3.36. The summed E-state index contributed by atoms with van der Waals surface area (Å²) >= 11 is 5.73. The van der Waals surface area contributed by atoms with Crippen molar-refractivity contribution in [2.75, 3.05) is 27.4 Å². The molecule has 1 atom stereocenters. The number of aromatic nitrogens is 1. The van der Waals surface area contributed by atoms with E-state index in [4.69, 9.17) is 26.4 Å². The first-order valence-electron chi connectivity index (χ1n) is 11.0. The summed E-state index contributed by atoms with van der Waals surface area (Å²) in [5, 5.41) is 4.87. The van der Waals surface area contributed by atoms with E-state index in [-0.39, 0.29) is 11.7 Å². The van der Waals surface area contributed by atoms with Crippen LogP contribution in [0.3, 0.4) is 0 Å². The van der Waals surface area contributed by atoms with Crippen LogP contribution in [0.2, 0.25) is 0 Å². The van der Waals surface area contributed by atoms with E-state index in [9.17, 15) is 4.79 Å². The molecular weight excluding hydrogens is 438 g/mol. The number of thiocarbonyl (C=S) groups is 1. The second kappa shape index (κ2) is 10.7. The predicted molar refractivity (Wildman–Crippen MR) is 133 cm³/mol. The molecule has 2 aromatic carbocycles. The minimum atomic E-state index is -0.141. The zero-order chi connectivity index (χ0) is 23.2. The van der Waals surface area contributed by atoms with Crippen molar-refractivity contribution in [3.63, 3.8) is 0 Å². The molecule has 4 rings (SSSR count).